The van der Waals surface area contributed by atoms with Crippen molar-refractivity contribution in [2.45, 2.75) is 25.8 Å². The topological polar surface area (TPSA) is 45.2 Å². The lowest BCUT2D eigenvalue weighted by Gasteiger charge is -2.37. The highest BCUT2D eigenvalue weighted by atomic mass is 16.2. The lowest BCUT2D eigenvalue weighted by atomic mass is 10.1. The Bertz CT molecular complexity index is 362. The van der Waals surface area contributed by atoms with Crippen LogP contribution in [0.1, 0.15) is 18.9 Å². The summed E-state index contributed by atoms with van der Waals surface area (Å²) >= 11 is 0. The first-order chi connectivity index (χ1) is 8.31. The lowest BCUT2D eigenvalue weighted by Crippen LogP contribution is -2.58. The van der Waals surface area contributed by atoms with E-state index < -0.39 is 0 Å². The Morgan fingerprint density at radius 1 is 1.47 bits per heavy atom. The van der Waals surface area contributed by atoms with Crippen LogP contribution in [0.15, 0.2) is 24.5 Å². The van der Waals surface area contributed by atoms with Crippen LogP contribution in [0.3, 0.4) is 0 Å². The van der Waals surface area contributed by atoms with Crippen LogP contribution in [-0.4, -0.2) is 41.5 Å². The number of hydrogen-bond acceptors (Lipinski definition) is 3. The van der Waals surface area contributed by atoms with Gasteiger partial charge in [0.15, 0.2) is 0 Å². The van der Waals surface area contributed by atoms with E-state index in [0.29, 0.717) is 12.5 Å². The first-order valence-corrected chi connectivity index (χ1v) is 6.20. The minimum absolute atomic E-state index is 0.260. The first kappa shape index (κ1) is 12.0. The molecule has 2 rings (SSSR count). The maximum Gasteiger partial charge on any atom is 0.223 e. The predicted octanol–water partition coefficient (Wildman–Crippen LogP) is 0.835. The molecule has 1 saturated heterocycles. The molecule has 0 unspecified atom stereocenters. The Labute approximate surface area is 102 Å². The van der Waals surface area contributed by atoms with Gasteiger partial charge in [-0.25, -0.2) is 0 Å². The second-order valence-corrected chi connectivity index (χ2v) is 4.35. The highest BCUT2D eigenvalue weighted by Gasteiger charge is 2.26. The third-order valence-corrected chi connectivity index (χ3v) is 3.24. The van der Waals surface area contributed by atoms with Crippen molar-refractivity contribution in [3.63, 3.8) is 0 Å². The summed E-state index contributed by atoms with van der Waals surface area (Å²) in [5.41, 5.74) is 1.18. The van der Waals surface area contributed by atoms with Gasteiger partial charge in [0.1, 0.15) is 0 Å². The molecule has 17 heavy (non-hydrogen) atoms. The SMILES string of the molecule is CCN(C(=O)CCc1ccncc1)C1CNC1. The van der Waals surface area contributed by atoms with Gasteiger partial charge in [0.25, 0.3) is 0 Å². The summed E-state index contributed by atoms with van der Waals surface area (Å²) in [4.78, 5) is 18.0. The summed E-state index contributed by atoms with van der Waals surface area (Å²) in [6.07, 6.45) is 4.94. The zero-order valence-corrected chi connectivity index (χ0v) is 10.2. The summed E-state index contributed by atoms with van der Waals surface area (Å²) in [6.45, 7) is 4.73. The summed E-state index contributed by atoms with van der Waals surface area (Å²) in [5.74, 6) is 0.260. The quantitative estimate of drug-likeness (QED) is 0.819. The van der Waals surface area contributed by atoms with Crippen molar-refractivity contribution in [1.29, 1.82) is 0 Å². The van der Waals surface area contributed by atoms with E-state index in [1.54, 1.807) is 12.4 Å². The van der Waals surface area contributed by atoms with Crippen LogP contribution >= 0.6 is 0 Å². The van der Waals surface area contributed by atoms with E-state index in [1.807, 2.05) is 24.0 Å². The van der Waals surface area contributed by atoms with Gasteiger partial charge in [0.05, 0.1) is 6.04 Å². The van der Waals surface area contributed by atoms with E-state index in [-0.39, 0.29) is 5.91 Å². The molecule has 1 aliphatic rings. The van der Waals surface area contributed by atoms with Crippen LogP contribution in [0.25, 0.3) is 0 Å². The Hall–Kier alpha value is -1.42. The summed E-state index contributed by atoms with van der Waals surface area (Å²) in [5, 5.41) is 3.20. The number of carbonyl (C=O) groups excluding carboxylic acids is 1. The number of nitrogens with one attached hydrogen (secondary N) is 1. The standard InChI is InChI=1S/C13H19N3O/c1-2-16(12-9-15-10-12)13(17)4-3-11-5-7-14-8-6-11/h5-8,12,15H,2-4,9-10H2,1H3. The van der Waals surface area contributed by atoms with Crippen molar-refractivity contribution in [3.8, 4) is 0 Å². The van der Waals surface area contributed by atoms with Gasteiger partial charge in [-0.3, -0.25) is 9.78 Å². The molecular formula is C13H19N3O. The molecule has 2 heterocycles. The average Bonchev–Trinajstić information content (AvgIpc) is 2.31. The van der Waals surface area contributed by atoms with Crippen LogP contribution in [0.2, 0.25) is 0 Å². The predicted molar refractivity (Wildman–Crippen MR) is 66.6 cm³/mol. The molecule has 0 saturated carbocycles. The van der Waals surface area contributed by atoms with E-state index in [2.05, 4.69) is 10.3 Å². The molecule has 4 heteroatoms. The van der Waals surface area contributed by atoms with Crippen molar-refractivity contribution in [3.05, 3.63) is 30.1 Å². The van der Waals surface area contributed by atoms with E-state index in [9.17, 15) is 4.79 Å². The number of likely N-dealkylation sites (N-methyl/N-ethyl adjacent to an activating group) is 1. The van der Waals surface area contributed by atoms with E-state index >= 15 is 0 Å². The molecule has 1 aromatic rings. The van der Waals surface area contributed by atoms with Crippen molar-refractivity contribution in [2.75, 3.05) is 19.6 Å². The summed E-state index contributed by atoms with van der Waals surface area (Å²) < 4.78 is 0. The second kappa shape index (κ2) is 5.77. The third-order valence-electron chi connectivity index (χ3n) is 3.24. The maximum atomic E-state index is 12.1. The van der Waals surface area contributed by atoms with E-state index in [4.69, 9.17) is 0 Å². The molecule has 0 aromatic carbocycles. The van der Waals surface area contributed by atoms with Gasteiger partial charge >= 0.3 is 0 Å². The molecule has 0 atom stereocenters. The number of rotatable bonds is 5. The van der Waals surface area contributed by atoms with Gasteiger partial charge in [-0.05, 0) is 31.0 Å². The highest BCUT2D eigenvalue weighted by Crippen LogP contribution is 2.09. The first-order valence-electron chi connectivity index (χ1n) is 6.20. The fourth-order valence-electron chi connectivity index (χ4n) is 2.08. The highest BCUT2D eigenvalue weighted by molar-refractivity contribution is 5.77. The fourth-order valence-corrected chi connectivity index (χ4v) is 2.08. The molecule has 0 spiro atoms. The third kappa shape index (κ3) is 3.03. The molecule has 0 aliphatic carbocycles. The Morgan fingerprint density at radius 2 is 2.18 bits per heavy atom. The largest absolute Gasteiger partial charge is 0.337 e. The van der Waals surface area contributed by atoms with Crippen molar-refractivity contribution >= 4 is 5.91 Å². The van der Waals surface area contributed by atoms with Crippen molar-refractivity contribution in [1.82, 2.24) is 15.2 Å². The van der Waals surface area contributed by atoms with Crippen LogP contribution in [-0.2, 0) is 11.2 Å². The molecule has 4 nitrogen and oxygen atoms in total. The molecular weight excluding hydrogens is 214 g/mol. The number of aryl methyl sites for hydroxylation is 1. The van der Waals surface area contributed by atoms with E-state index in [0.717, 1.165) is 26.1 Å². The van der Waals surface area contributed by atoms with E-state index in [1.165, 1.54) is 5.56 Å². The van der Waals surface area contributed by atoms with Crippen molar-refractivity contribution < 1.29 is 4.79 Å². The lowest BCUT2D eigenvalue weighted by molar-refractivity contribution is -0.134. The van der Waals surface area contributed by atoms with Gasteiger partial charge in [-0.15, -0.1) is 0 Å². The average molecular weight is 233 g/mol. The van der Waals surface area contributed by atoms with Crippen LogP contribution in [0.4, 0.5) is 0 Å². The van der Waals surface area contributed by atoms with Gasteiger partial charge in [0.2, 0.25) is 5.91 Å². The molecule has 0 radical (unpaired) electrons. The molecule has 92 valence electrons. The van der Waals surface area contributed by atoms with Crippen molar-refractivity contribution in [2.24, 2.45) is 0 Å². The van der Waals surface area contributed by atoms with Crippen LogP contribution in [0, 0.1) is 0 Å². The maximum absolute atomic E-state index is 12.1. The molecule has 0 bridgehead atoms. The molecule has 1 aliphatic heterocycles. The number of hydrogen-bond donors (Lipinski definition) is 1. The smallest absolute Gasteiger partial charge is 0.223 e. The molecule has 1 N–H and O–H groups in total. The minimum atomic E-state index is 0.260. The van der Waals surface area contributed by atoms with Gasteiger partial charge in [-0.2, -0.15) is 0 Å². The Balaban J connectivity index is 1.83. The zero-order valence-electron chi connectivity index (χ0n) is 10.2. The normalized spacial score (nSPS) is 15.4. The van der Waals surface area contributed by atoms with Gasteiger partial charge in [0, 0.05) is 38.4 Å². The van der Waals surface area contributed by atoms with Crippen LogP contribution in [0.5, 0.6) is 0 Å². The minimum Gasteiger partial charge on any atom is -0.337 e. The number of nitrogens with zero attached hydrogens (tertiary/aromatic N) is 2. The van der Waals surface area contributed by atoms with Gasteiger partial charge in [-0.1, -0.05) is 0 Å². The fraction of sp³-hybridized carbons (Fsp3) is 0.538. The van der Waals surface area contributed by atoms with Crippen LogP contribution < -0.4 is 5.32 Å². The number of amides is 1. The Morgan fingerprint density at radius 3 is 2.71 bits per heavy atom. The number of carbonyl (C=O) groups is 1. The summed E-state index contributed by atoms with van der Waals surface area (Å²) in [6, 6.07) is 4.34. The number of aromatic nitrogens is 1. The van der Waals surface area contributed by atoms with Gasteiger partial charge < -0.3 is 10.2 Å². The monoisotopic (exact) mass is 233 g/mol. The molecule has 1 aromatic heterocycles. The summed E-state index contributed by atoms with van der Waals surface area (Å²) in [7, 11) is 0. The Kier molecular flexibility index (Phi) is 4.09. The molecule has 1 amide bonds. The zero-order chi connectivity index (χ0) is 12.1. The second-order valence-electron chi connectivity index (χ2n) is 4.35. The molecule has 1 fully saturated rings. The number of pyridine rings is 1.